The molecule has 0 fully saturated rings. The van der Waals surface area contributed by atoms with Crippen LogP contribution in [0.15, 0.2) is 71.3 Å². The van der Waals surface area contributed by atoms with E-state index in [4.69, 9.17) is 4.42 Å². The SMILES string of the molecule is Cc1ccc(CNC(=O)c2cccc3[nH]c(NC(=O)c4cc5ccccc5cn4)nc23)o1. The predicted octanol–water partition coefficient (Wildman–Crippen LogP) is 4.19. The molecule has 0 saturated heterocycles. The first-order chi connectivity index (χ1) is 15.6. The molecule has 8 heteroatoms. The van der Waals surface area contributed by atoms with Gasteiger partial charge in [0.25, 0.3) is 11.8 Å². The second-order valence-corrected chi connectivity index (χ2v) is 7.35. The normalized spacial score (nSPS) is 11.0. The van der Waals surface area contributed by atoms with Crippen LogP contribution in [0.5, 0.6) is 0 Å². The number of hydrogen-bond acceptors (Lipinski definition) is 5. The molecular weight excluding hydrogens is 406 g/mol. The molecule has 3 N–H and O–H groups in total. The van der Waals surface area contributed by atoms with E-state index in [1.165, 1.54) is 0 Å². The summed E-state index contributed by atoms with van der Waals surface area (Å²) in [5.74, 6) is 1.01. The lowest BCUT2D eigenvalue weighted by Crippen LogP contribution is -2.22. The second kappa shape index (κ2) is 7.99. The molecule has 0 spiro atoms. The summed E-state index contributed by atoms with van der Waals surface area (Å²) in [6.45, 7) is 2.11. The number of rotatable bonds is 5. The highest BCUT2D eigenvalue weighted by atomic mass is 16.3. The van der Waals surface area contributed by atoms with E-state index in [-0.39, 0.29) is 24.1 Å². The van der Waals surface area contributed by atoms with E-state index < -0.39 is 5.91 Å². The van der Waals surface area contributed by atoms with Gasteiger partial charge in [0.05, 0.1) is 17.6 Å². The number of carbonyl (C=O) groups is 2. The number of fused-ring (bicyclic) bond motifs is 2. The van der Waals surface area contributed by atoms with E-state index in [1.54, 1.807) is 30.5 Å². The van der Waals surface area contributed by atoms with Crippen molar-refractivity contribution in [1.29, 1.82) is 0 Å². The van der Waals surface area contributed by atoms with Crippen LogP contribution in [0, 0.1) is 6.92 Å². The van der Waals surface area contributed by atoms with Crippen LogP contribution in [0.2, 0.25) is 0 Å². The number of anilines is 1. The summed E-state index contributed by atoms with van der Waals surface area (Å²) in [7, 11) is 0. The Hall–Kier alpha value is -4.46. The third-order valence-corrected chi connectivity index (χ3v) is 5.07. The van der Waals surface area contributed by atoms with Crippen LogP contribution in [0.25, 0.3) is 21.8 Å². The molecular formula is C24H19N5O3. The molecule has 0 aliphatic carbocycles. The van der Waals surface area contributed by atoms with Crippen LogP contribution >= 0.6 is 0 Å². The van der Waals surface area contributed by atoms with E-state index in [9.17, 15) is 9.59 Å². The molecule has 2 aromatic carbocycles. The minimum Gasteiger partial charge on any atom is -0.465 e. The fourth-order valence-electron chi connectivity index (χ4n) is 3.50. The summed E-state index contributed by atoms with van der Waals surface area (Å²) in [4.78, 5) is 37.1. The standard InChI is InChI=1S/C24H19N5O3/c1-14-9-10-17(32-14)13-26-22(30)18-7-4-8-19-21(18)28-24(27-19)29-23(31)20-11-15-5-2-3-6-16(15)12-25-20/h2-12H,13H2,1H3,(H,26,30)(H2,27,28,29,31). The number of hydrogen-bond donors (Lipinski definition) is 3. The molecule has 158 valence electrons. The molecule has 5 aromatic rings. The number of para-hydroxylation sites is 1. The van der Waals surface area contributed by atoms with Crippen molar-refractivity contribution in [3.8, 4) is 0 Å². The maximum atomic E-state index is 12.7. The second-order valence-electron chi connectivity index (χ2n) is 7.35. The van der Waals surface area contributed by atoms with E-state index >= 15 is 0 Å². The van der Waals surface area contributed by atoms with Gasteiger partial charge in [-0.05, 0) is 42.6 Å². The molecule has 0 aliphatic rings. The Morgan fingerprint density at radius 1 is 1.00 bits per heavy atom. The summed E-state index contributed by atoms with van der Waals surface area (Å²) < 4.78 is 5.48. The molecule has 0 atom stereocenters. The average molecular weight is 425 g/mol. The van der Waals surface area contributed by atoms with Crippen LogP contribution in [-0.4, -0.2) is 26.8 Å². The Balaban J connectivity index is 1.36. The highest BCUT2D eigenvalue weighted by Crippen LogP contribution is 2.20. The van der Waals surface area contributed by atoms with Crippen molar-refractivity contribution in [2.45, 2.75) is 13.5 Å². The molecule has 32 heavy (non-hydrogen) atoms. The van der Waals surface area contributed by atoms with Crippen molar-refractivity contribution in [2.75, 3.05) is 5.32 Å². The maximum Gasteiger partial charge on any atom is 0.276 e. The first-order valence-electron chi connectivity index (χ1n) is 10.1. The van der Waals surface area contributed by atoms with Crippen molar-refractivity contribution in [2.24, 2.45) is 0 Å². The van der Waals surface area contributed by atoms with Crippen molar-refractivity contribution in [3.63, 3.8) is 0 Å². The molecule has 5 rings (SSSR count). The van der Waals surface area contributed by atoms with E-state index in [0.717, 1.165) is 16.5 Å². The quantitative estimate of drug-likeness (QED) is 0.391. The number of aryl methyl sites for hydroxylation is 1. The van der Waals surface area contributed by atoms with Gasteiger partial charge in [-0.2, -0.15) is 0 Å². The van der Waals surface area contributed by atoms with Crippen molar-refractivity contribution in [3.05, 3.63) is 89.6 Å². The molecule has 0 saturated carbocycles. The zero-order valence-corrected chi connectivity index (χ0v) is 17.2. The molecule has 3 heterocycles. The molecule has 8 nitrogen and oxygen atoms in total. The number of H-pyrrole nitrogens is 1. The zero-order chi connectivity index (χ0) is 22.1. The third kappa shape index (κ3) is 3.81. The van der Waals surface area contributed by atoms with Crippen LogP contribution in [0.4, 0.5) is 5.95 Å². The zero-order valence-electron chi connectivity index (χ0n) is 17.2. The topological polar surface area (TPSA) is 113 Å². The Bertz CT molecular complexity index is 1470. The number of carbonyl (C=O) groups excluding carboxylic acids is 2. The van der Waals surface area contributed by atoms with Gasteiger partial charge in [0.1, 0.15) is 22.7 Å². The minimum atomic E-state index is -0.394. The molecule has 0 radical (unpaired) electrons. The van der Waals surface area contributed by atoms with Gasteiger partial charge in [-0.3, -0.25) is 19.9 Å². The predicted molar refractivity (Wildman–Crippen MR) is 120 cm³/mol. The van der Waals surface area contributed by atoms with E-state index in [1.807, 2.05) is 43.3 Å². The monoisotopic (exact) mass is 425 g/mol. The van der Waals surface area contributed by atoms with Gasteiger partial charge in [0.15, 0.2) is 0 Å². The Morgan fingerprint density at radius 2 is 1.84 bits per heavy atom. The fourth-order valence-corrected chi connectivity index (χ4v) is 3.50. The summed E-state index contributed by atoms with van der Waals surface area (Å²) in [6, 6.07) is 18.3. The Labute approximate surface area is 182 Å². The van der Waals surface area contributed by atoms with Crippen LogP contribution in [0.3, 0.4) is 0 Å². The number of aromatic nitrogens is 3. The maximum absolute atomic E-state index is 12.7. The fraction of sp³-hybridized carbons (Fsp3) is 0.0833. The molecule has 0 unspecified atom stereocenters. The molecule has 3 aromatic heterocycles. The van der Waals surface area contributed by atoms with Gasteiger partial charge in [-0.25, -0.2) is 4.98 Å². The van der Waals surface area contributed by atoms with Gasteiger partial charge in [-0.15, -0.1) is 0 Å². The highest BCUT2D eigenvalue weighted by Gasteiger charge is 2.16. The first-order valence-corrected chi connectivity index (χ1v) is 10.1. The summed E-state index contributed by atoms with van der Waals surface area (Å²) in [5.41, 5.74) is 1.76. The summed E-state index contributed by atoms with van der Waals surface area (Å²) in [5, 5.41) is 7.43. The highest BCUT2D eigenvalue weighted by molar-refractivity contribution is 6.07. The van der Waals surface area contributed by atoms with Crippen LogP contribution < -0.4 is 10.6 Å². The van der Waals surface area contributed by atoms with Crippen LogP contribution in [-0.2, 0) is 6.54 Å². The number of nitrogens with zero attached hydrogens (tertiary/aromatic N) is 2. The Morgan fingerprint density at radius 3 is 2.66 bits per heavy atom. The lowest BCUT2D eigenvalue weighted by Gasteiger charge is -2.04. The Kier molecular flexibility index (Phi) is 4.87. The van der Waals surface area contributed by atoms with Gasteiger partial charge in [-0.1, -0.05) is 30.3 Å². The first kappa shape index (κ1) is 19.5. The lowest BCUT2D eigenvalue weighted by molar-refractivity contribution is 0.0948. The number of nitrogens with one attached hydrogen (secondary N) is 3. The largest absolute Gasteiger partial charge is 0.465 e. The molecule has 0 bridgehead atoms. The van der Waals surface area contributed by atoms with Crippen molar-refractivity contribution in [1.82, 2.24) is 20.3 Å². The number of amides is 2. The molecule has 2 amide bonds. The van der Waals surface area contributed by atoms with E-state index in [0.29, 0.717) is 22.4 Å². The van der Waals surface area contributed by atoms with Crippen molar-refractivity contribution < 1.29 is 14.0 Å². The van der Waals surface area contributed by atoms with Gasteiger partial charge in [0, 0.05) is 11.6 Å². The average Bonchev–Trinajstić information content (AvgIpc) is 3.42. The van der Waals surface area contributed by atoms with Gasteiger partial charge < -0.3 is 14.7 Å². The summed E-state index contributed by atoms with van der Waals surface area (Å²) in [6.07, 6.45) is 1.66. The number of benzene rings is 2. The van der Waals surface area contributed by atoms with Crippen molar-refractivity contribution >= 4 is 39.6 Å². The molecule has 0 aliphatic heterocycles. The third-order valence-electron chi connectivity index (χ3n) is 5.07. The van der Waals surface area contributed by atoms with Gasteiger partial charge >= 0.3 is 0 Å². The lowest BCUT2D eigenvalue weighted by atomic mass is 10.1. The van der Waals surface area contributed by atoms with Gasteiger partial charge in [0.2, 0.25) is 5.95 Å². The number of pyridine rings is 1. The smallest absolute Gasteiger partial charge is 0.276 e. The van der Waals surface area contributed by atoms with Crippen LogP contribution in [0.1, 0.15) is 32.4 Å². The number of aromatic amines is 1. The summed E-state index contributed by atoms with van der Waals surface area (Å²) >= 11 is 0. The minimum absolute atomic E-state index is 0.238. The number of imidazole rings is 1. The number of furan rings is 1. The van der Waals surface area contributed by atoms with E-state index in [2.05, 4.69) is 25.6 Å².